The summed E-state index contributed by atoms with van der Waals surface area (Å²) in [5, 5.41) is 0. The molecule has 2 nitrogen and oxygen atoms in total. The van der Waals surface area contributed by atoms with Crippen molar-refractivity contribution in [1.82, 2.24) is 4.90 Å². The van der Waals surface area contributed by atoms with Crippen molar-refractivity contribution in [3.05, 3.63) is 41.5 Å². The summed E-state index contributed by atoms with van der Waals surface area (Å²) in [4.78, 5) is 5.02. The Hall–Kier alpha value is -0.930. The molecule has 1 saturated heterocycles. The molecule has 0 aliphatic carbocycles. The lowest BCUT2D eigenvalue weighted by Crippen LogP contribution is -2.46. The average Bonchev–Trinajstić information content (AvgIpc) is 2.43. The van der Waals surface area contributed by atoms with Crippen molar-refractivity contribution in [2.24, 2.45) is 0 Å². The predicted molar refractivity (Wildman–Crippen MR) is 87.6 cm³/mol. The van der Waals surface area contributed by atoms with E-state index in [0.717, 1.165) is 38.5 Å². The standard InChI is InChI=1S/C16H24N2S/c1-14-6-5-7-16(15(14)2)18-11-9-17(10-12-18)8-3-4-13-19/h3-7,19H,8-13H2,1-2H3. The second kappa shape index (κ2) is 7.01. The number of rotatable bonds is 4. The SMILES string of the molecule is Cc1cccc(N2CCN(CC=CCS)CC2)c1C. The van der Waals surface area contributed by atoms with Crippen LogP contribution in [-0.4, -0.2) is 43.4 Å². The van der Waals surface area contributed by atoms with Gasteiger partial charge in [0.2, 0.25) is 0 Å². The summed E-state index contributed by atoms with van der Waals surface area (Å²) in [6.07, 6.45) is 4.35. The molecule has 1 fully saturated rings. The van der Waals surface area contributed by atoms with Gasteiger partial charge in [-0.25, -0.2) is 0 Å². The van der Waals surface area contributed by atoms with E-state index in [1.165, 1.54) is 16.8 Å². The number of benzene rings is 1. The summed E-state index contributed by atoms with van der Waals surface area (Å²) in [6, 6.07) is 6.61. The normalized spacial score (nSPS) is 17.3. The molecule has 0 atom stereocenters. The van der Waals surface area contributed by atoms with Crippen LogP contribution in [0.1, 0.15) is 11.1 Å². The van der Waals surface area contributed by atoms with E-state index in [0.29, 0.717) is 0 Å². The Morgan fingerprint density at radius 1 is 1.11 bits per heavy atom. The molecule has 1 aromatic carbocycles. The molecule has 0 N–H and O–H groups in total. The van der Waals surface area contributed by atoms with Crippen molar-refractivity contribution in [2.75, 3.05) is 43.4 Å². The third kappa shape index (κ3) is 3.77. The van der Waals surface area contributed by atoms with Gasteiger partial charge in [0.15, 0.2) is 0 Å². The van der Waals surface area contributed by atoms with Gasteiger partial charge in [-0.1, -0.05) is 24.3 Å². The van der Waals surface area contributed by atoms with Crippen LogP contribution in [0.4, 0.5) is 5.69 Å². The highest BCUT2D eigenvalue weighted by Gasteiger charge is 2.17. The van der Waals surface area contributed by atoms with E-state index >= 15 is 0 Å². The molecule has 0 unspecified atom stereocenters. The van der Waals surface area contributed by atoms with Crippen LogP contribution in [-0.2, 0) is 0 Å². The third-order valence-electron chi connectivity index (χ3n) is 3.92. The minimum atomic E-state index is 0.836. The molecule has 1 heterocycles. The number of hydrogen-bond donors (Lipinski definition) is 1. The minimum absolute atomic E-state index is 0.836. The van der Waals surface area contributed by atoms with Crippen LogP contribution in [0.3, 0.4) is 0 Å². The van der Waals surface area contributed by atoms with E-state index < -0.39 is 0 Å². The van der Waals surface area contributed by atoms with Crippen molar-refractivity contribution in [1.29, 1.82) is 0 Å². The van der Waals surface area contributed by atoms with Gasteiger partial charge in [0.1, 0.15) is 0 Å². The second-order valence-corrected chi connectivity index (χ2v) is 5.53. The molecule has 0 radical (unpaired) electrons. The molecule has 1 aliphatic heterocycles. The predicted octanol–water partition coefficient (Wildman–Crippen LogP) is 2.91. The van der Waals surface area contributed by atoms with E-state index in [1.807, 2.05) is 0 Å². The summed E-state index contributed by atoms with van der Waals surface area (Å²) in [6.45, 7) is 10.0. The first kappa shape index (κ1) is 14.5. The maximum absolute atomic E-state index is 4.19. The Morgan fingerprint density at radius 3 is 2.53 bits per heavy atom. The Kier molecular flexibility index (Phi) is 5.34. The van der Waals surface area contributed by atoms with Gasteiger partial charge in [-0.05, 0) is 31.0 Å². The van der Waals surface area contributed by atoms with Gasteiger partial charge in [-0.15, -0.1) is 0 Å². The van der Waals surface area contributed by atoms with Gasteiger partial charge in [-0.2, -0.15) is 12.6 Å². The fourth-order valence-electron chi connectivity index (χ4n) is 2.55. The van der Waals surface area contributed by atoms with Crippen molar-refractivity contribution in [3.8, 4) is 0 Å². The Morgan fingerprint density at radius 2 is 1.84 bits per heavy atom. The number of aryl methyl sites for hydroxylation is 1. The molecule has 1 aliphatic rings. The highest BCUT2D eigenvalue weighted by molar-refractivity contribution is 7.80. The van der Waals surface area contributed by atoms with Gasteiger partial charge in [0, 0.05) is 44.2 Å². The maximum Gasteiger partial charge on any atom is 0.0399 e. The van der Waals surface area contributed by atoms with Crippen molar-refractivity contribution in [3.63, 3.8) is 0 Å². The summed E-state index contributed by atoms with van der Waals surface area (Å²) < 4.78 is 0. The monoisotopic (exact) mass is 276 g/mol. The molecule has 3 heteroatoms. The lowest BCUT2D eigenvalue weighted by molar-refractivity contribution is 0.284. The van der Waals surface area contributed by atoms with E-state index in [1.54, 1.807) is 0 Å². The fourth-order valence-corrected chi connectivity index (χ4v) is 2.70. The molecule has 0 saturated carbocycles. The molecule has 104 valence electrons. The summed E-state index contributed by atoms with van der Waals surface area (Å²) >= 11 is 4.19. The maximum atomic E-state index is 4.19. The Bertz CT molecular complexity index is 434. The lowest BCUT2D eigenvalue weighted by atomic mass is 10.1. The second-order valence-electron chi connectivity index (χ2n) is 5.16. The first-order valence-corrected chi connectivity index (χ1v) is 7.65. The number of piperazine rings is 1. The number of nitrogens with zero attached hydrogens (tertiary/aromatic N) is 2. The molecule has 19 heavy (non-hydrogen) atoms. The largest absolute Gasteiger partial charge is 0.369 e. The average molecular weight is 276 g/mol. The van der Waals surface area contributed by atoms with Crippen molar-refractivity contribution < 1.29 is 0 Å². The van der Waals surface area contributed by atoms with Crippen molar-refractivity contribution in [2.45, 2.75) is 13.8 Å². The molecule has 0 spiro atoms. The fraction of sp³-hybridized carbons (Fsp3) is 0.500. The van der Waals surface area contributed by atoms with Gasteiger partial charge in [0.05, 0.1) is 0 Å². The van der Waals surface area contributed by atoms with Gasteiger partial charge >= 0.3 is 0 Å². The van der Waals surface area contributed by atoms with E-state index in [9.17, 15) is 0 Å². The number of hydrogen-bond acceptors (Lipinski definition) is 3. The highest BCUT2D eigenvalue weighted by Crippen LogP contribution is 2.23. The van der Waals surface area contributed by atoms with Gasteiger partial charge in [0.25, 0.3) is 0 Å². The molecule has 1 aromatic rings. The Labute approximate surface area is 122 Å². The summed E-state index contributed by atoms with van der Waals surface area (Å²) in [5.41, 5.74) is 4.22. The zero-order chi connectivity index (χ0) is 13.7. The highest BCUT2D eigenvalue weighted by atomic mass is 32.1. The molecule has 0 aromatic heterocycles. The summed E-state index contributed by atoms with van der Waals surface area (Å²) in [5.74, 6) is 0.836. The van der Waals surface area contributed by atoms with Crippen LogP contribution >= 0.6 is 12.6 Å². The van der Waals surface area contributed by atoms with Crippen LogP contribution < -0.4 is 4.90 Å². The van der Waals surface area contributed by atoms with Crippen LogP contribution in [0.15, 0.2) is 30.4 Å². The molecule has 0 bridgehead atoms. The quantitative estimate of drug-likeness (QED) is 0.667. The zero-order valence-electron chi connectivity index (χ0n) is 12.0. The van der Waals surface area contributed by atoms with Crippen LogP contribution in [0.2, 0.25) is 0 Å². The smallest absolute Gasteiger partial charge is 0.0399 e. The minimum Gasteiger partial charge on any atom is -0.369 e. The molecule has 2 rings (SSSR count). The first-order chi connectivity index (χ1) is 9.22. The zero-order valence-corrected chi connectivity index (χ0v) is 12.9. The first-order valence-electron chi connectivity index (χ1n) is 7.01. The molecular formula is C16H24N2S. The van der Waals surface area contributed by atoms with E-state index in [4.69, 9.17) is 0 Å². The molecule has 0 amide bonds. The summed E-state index contributed by atoms with van der Waals surface area (Å²) in [7, 11) is 0. The molecular weight excluding hydrogens is 252 g/mol. The van der Waals surface area contributed by atoms with Crippen molar-refractivity contribution >= 4 is 18.3 Å². The third-order valence-corrected chi connectivity index (χ3v) is 4.14. The van der Waals surface area contributed by atoms with Crippen LogP contribution in [0.25, 0.3) is 0 Å². The topological polar surface area (TPSA) is 6.48 Å². The van der Waals surface area contributed by atoms with Crippen LogP contribution in [0, 0.1) is 13.8 Å². The van der Waals surface area contributed by atoms with Crippen LogP contribution in [0.5, 0.6) is 0 Å². The number of anilines is 1. The lowest BCUT2D eigenvalue weighted by Gasteiger charge is -2.36. The van der Waals surface area contributed by atoms with E-state index in [-0.39, 0.29) is 0 Å². The van der Waals surface area contributed by atoms with Gasteiger partial charge in [-0.3, -0.25) is 4.90 Å². The number of thiol groups is 1. The van der Waals surface area contributed by atoms with E-state index in [2.05, 4.69) is 66.6 Å². The van der Waals surface area contributed by atoms with Gasteiger partial charge < -0.3 is 4.90 Å². The Balaban J connectivity index is 1.92.